The summed E-state index contributed by atoms with van der Waals surface area (Å²) in [6.45, 7) is 13.3. The summed E-state index contributed by atoms with van der Waals surface area (Å²) in [6.07, 6.45) is 5.53. The van der Waals surface area contributed by atoms with Gasteiger partial charge < -0.3 is 14.4 Å². The summed E-state index contributed by atoms with van der Waals surface area (Å²) in [5.74, 6) is 0.656. The first-order valence-electron chi connectivity index (χ1n) is 10.4. The van der Waals surface area contributed by atoms with Gasteiger partial charge in [-0.25, -0.2) is 0 Å². The second kappa shape index (κ2) is 11.5. The van der Waals surface area contributed by atoms with Crippen LogP contribution in [0, 0.1) is 5.92 Å². The van der Waals surface area contributed by atoms with E-state index in [4.69, 9.17) is 9.47 Å². The Hall–Kier alpha value is -1.30. The lowest BCUT2D eigenvalue weighted by atomic mass is 9.90. The average Bonchev–Trinajstić information content (AvgIpc) is 2.70. The van der Waals surface area contributed by atoms with Gasteiger partial charge in [0.25, 0.3) is 0 Å². The van der Waals surface area contributed by atoms with Crippen molar-refractivity contribution in [1.82, 2.24) is 9.88 Å². The van der Waals surface area contributed by atoms with Crippen LogP contribution >= 0.6 is 0 Å². The maximum atomic E-state index is 12.0. The predicted octanol–water partition coefficient (Wildman–Crippen LogP) is 3.93. The van der Waals surface area contributed by atoms with Gasteiger partial charge >= 0.3 is 0 Å². The van der Waals surface area contributed by atoms with Crippen molar-refractivity contribution in [2.75, 3.05) is 39.5 Å². The van der Waals surface area contributed by atoms with Crippen LogP contribution in [0.25, 0.3) is 0 Å². The van der Waals surface area contributed by atoms with Gasteiger partial charge in [0.2, 0.25) is 0 Å². The van der Waals surface area contributed by atoms with Gasteiger partial charge in [-0.2, -0.15) is 0 Å². The van der Waals surface area contributed by atoms with E-state index in [-0.39, 0.29) is 11.7 Å². The Morgan fingerprint density at radius 2 is 1.93 bits per heavy atom. The molecule has 2 heterocycles. The van der Waals surface area contributed by atoms with Crippen molar-refractivity contribution >= 4 is 5.78 Å². The SMILES string of the molecule is CCC(C)OCCOCCN1CCC(c2ccc(C(=O)C(C)C)nc2)CC1. The zero-order valence-electron chi connectivity index (χ0n) is 17.4. The molecular weight excluding hydrogens is 340 g/mol. The molecule has 1 atom stereocenters. The maximum Gasteiger partial charge on any atom is 0.183 e. The molecule has 0 aromatic carbocycles. The van der Waals surface area contributed by atoms with Crippen molar-refractivity contribution in [3.8, 4) is 0 Å². The molecule has 1 aliphatic rings. The van der Waals surface area contributed by atoms with Crippen LogP contribution in [-0.2, 0) is 9.47 Å². The van der Waals surface area contributed by atoms with E-state index in [1.807, 2.05) is 26.1 Å². The maximum absolute atomic E-state index is 12.0. The summed E-state index contributed by atoms with van der Waals surface area (Å²) in [6, 6.07) is 3.97. The standard InChI is InChI=1S/C22H36N2O3/c1-5-18(4)27-15-14-26-13-12-24-10-8-19(9-11-24)20-6-7-21(23-16-20)22(25)17(2)3/h6-7,16-19H,5,8-15H2,1-4H3. The zero-order valence-corrected chi connectivity index (χ0v) is 17.4. The molecule has 1 unspecified atom stereocenters. The smallest absolute Gasteiger partial charge is 0.183 e. The van der Waals surface area contributed by atoms with E-state index in [1.54, 1.807) is 0 Å². The van der Waals surface area contributed by atoms with Crippen LogP contribution in [0.4, 0.5) is 0 Å². The molecule has 0 saturated carbocycles. The van der Waals surface area contributed by atoms with Crippen molar-refractivity contribution < 1.29 is 14.3 Å². The van der Waals surface area contributed by atoms with Crippen LogP contribution in [0.5, 0.6) is 0 Å². The van der Waals surface area contributed by atoms with Gasteiger partial charge in [-0.15, -0.1) is 0 Å². The summed E-state index contributed by atoms with van der Waals surface area (Å²) >= 11 is 0. The molecule has 152 valence electrons. The van der Waals surface area contributed by atoms with E-state index in [9.17, 15) is 4.79 Å². The Labute approximate surface area is 164 Å². The molecule has 0 spiro atoms. The highest BCUT2D eigenvalue weighted by Crippen LogP contribution is 2.27. The number of piperidine rings is 1. The van der Waals surface area contributed by atoms with Crippen molar-refractivity contribution in [2.24, 2.45) is 5.92 Å². The van der Waals surface area contributed by atoms with Gasteiger partial charge in [-0.1, -0.05) is 26.8 Å². The molecule has 27 heavy (non-hydrogen) atoms. The van der Waals surface area contributed by atoms with Crippen molar-refractivity contribution in [3.05, 3.63) is 29.6 Å². The minimum atomic E-state index is -0.00424. The van der Waals surface area contributed by atoms with E-state index in [0.717, 1.165) is 45.5 Å². The van der Waals surface area contributed by atoms with Gasteiger partial charge in [-0.3, -0.25) is 9.78 Å². The van der Waals surface area contributed by atoms with Crippen LogP contribution in [0.1, 0.15) is 68.9 Å². The molecule has 0 aliphatic carbocycles. The zero-order chi connectivity index (χ0) is 19.6. The average molecular weight is 377 g/mol. The third-order valence-electron chi connectivity index (χ3n) is 5.38. The van der Waals surface area contributed by atoms with Crippen molar-refractivity contribution in [2.45, 2.75) is 59.0 Å². The third-order valence-corrected chi connectivity index (χ3v) is 5.38. The summed E-state index contributed by atoms with van der Waals surface area (Å²) in [7, 11) is 0. The molecule has 1 aliphatic heterocycles. The molecule has 2 rings (SSSR count). The molecular formula is C22H36N2O3. The van der Waals surface area contributed by atoms with Gasteiger partial charge in [0.1, 0.15) is 5.69 Å². The molecule has 5 heteroatoms. The second-order valence-electron chi connectivity index (χ2n) is 7.81. The fraction of sp³-hybridized carbons (Fsp3) is 0.727. The summed E-state index contributed by atoms with van der Waals surface area (Å²) in [5, 5.41) is 0. The van der Waals surface area contributed by atoms with E-state index < -0.39 is 0 Å². The first-order chi connectivity index (χ1) is 13.0. The number of hydrogen-bond donors (Lipinski definition) is 0. The quantitative estimate of drug-likeness (QED) is 0.433. The molecule has 5 nitrogen and oxygen atoms in total. The van der Waals surface area contributed by atoms with Gasteiger partial charge in [0.15, 0.2) is 5.78 Å². The third kappa shape index (κ3) is 7.32. The Morgan fingerprint density at radius 3 is 2.52 bits per heavy atom. The summed E-state index contributed by atoms with van der Waals surface area (Å²) < 4.78 is 11.3. The van der Waals surface area contributed by atoms with Crippen LogP contribution in [0.15, 0.2) is 18.3 Å². The monoisotopic (exact) mass is 376 g/mol. The normalized spacial score (nSPS) is 17.4. The number of hydrogen-bond acceptors (Lipinski definition) is 5. The Bertz CT molecular complexity index is 551. The minimum absolute atomic E-state index is 0.00424. The van der Waals surface area contributed by atoms with Crippen molar-refractivity contribution in [3.63, 3.8) is 0 Å². The lowest BCUT2D eigenvalue weighted by Crippen LogP contribution is -2.35. The molecule has 1 aromatic heterocycles. The Balaban J connectivity index is 1.64. The number of aromatic nitrogens is 1. The number of Topliss-reactive ketones (excluding diaryl/α,β-unsaturated/α-hetero) is 1. The highest BCUT2D eigenvalue weighted by atomic mass is 16.5. The molecule has 1 fully saturated rings. The predicted molar refractivity (Wildman–Crippen MR) is 108 cm³/mol. The highest BCUT2D eigenvalue weighted by molar-refractivity contribution is 5.95. The van der Waals surface area contributed by atoms with E-state index >= 15 is 0 Å². The molecule has 0 radical (unpaired) electrons. The second-order valence-corrected chi connectivity index (χ2v) is 7.81. The van der Waals surface area contributed by atoms with Gasteiger partial charge in [0, 0.05) is 18.7 Å². The van der Waals surface area contributed by atoms with Crippen LogP contribution in [-0.4, -0.2) is 61.2 Å². The number of nitrogens with zero attached hydrogens (tertiary/aromatic N) is 2. The van der Waals surface area contributed by atoms with E-state index in [2.05, 4.69) is 29.8 Å². The van der Waals surface area contributed by atoms with Gasteiger partial charge in [0.05, 0.1) is 25.9 Å². The largest absolute Gasteiger partial charge is 0.378 e. The van der Waals surface area contributed by atoms with Crippen molar-refractivity contribution in [1.29, 1.82) is 0 Å². The lowest BCUT2D eigenvalue weighted by molar-refractivity contribution is 0.00521. The number of carbonyl (C=O) groups excluding carboxylic acids is 1. The molecule has 0 N–H and O–H groups in total. The summed E-state index contributed by atoms with van der Waals surface area (Å²) in [4.78, 5) is 18.9. The molecule has 1 saturated heterocycles. The number of rotatable bonds is 11. The Kier molecular flexibility index (Phi) is 9.39. The number of carbonyl (C=O) groups is 1. The van der Waals surface area contributed by atoms with Crippen LogP contribution in [0.3, 0.4) is 0 Å². The van der Waals surface area contributed by atoms with E-state index in [0.29, 0.717) is 30.9 Å². The fourth-order valence-electron chi connectivity index (χ4n) is 3.30. The molecule has 0 amide bonds. The number of ether oxygens (including phenoxy) is 2. The van der Waals surface area contributed by atoms with Gasteiger partial charge in [-0.05, 0) is 56.8 Å². The number of pyridine rings is 1. The highest BCUT2D eigenvalue weighted by Gasteiger charge is 2.21. The molecule has 0 bridgehead atoms. The van der Waals surface area contributed by atoms with Crippen LogP contribution < -0.4 is 0 Å². The minimum Gasteiger partial charge on any atom is -0.378 e. The fourth-order valence-corrected chi connectivity index (χ4v) is 3.30. The summed E-state index contributed by atoms with van der Waals surface area (Å²) in [5.41, 5.74) is 1.84. The van der Waals surface area contributed by atoms with E-state index in [1.165, 1.54) is 5.56 Å². The van der Waals surface area contributed by atoms with Crippen LogP contribution in [0.2, 0.25) is 0 Å². The lowest BCUT2D eigenvalue weighted by Gasteiger charge is -2.32. The topological polar surface area (TPSA) is 51.7 Å². The number of likely N-dealkylation sites (tertiary alicyclic amines) is 1. The Morgan fingerprint density at radius 1 is 1.19 bits per heavy atom. The number of ketones is 1. The first-order valence-corrected chi connectivity index (χ1v) is 10.4. The molecule has 1 aromatic rings. The first kappa shape index (κ1) is 22.0.